The van der Waals surface area contributed by atoms with E-state index in [4.69, 9.17) is 8.94 Å². The Kier molecular flexibility index (Phi) is 3.89. The molecule has 136 valence electrons. The summed E-state index contributed by atoms with van der Waals surface area (Å²) in [5.74, 6) is 2.59. The van der Waals surface area contributed by atoms with E-state index in [1.807, 2.05) is 24.3 Å². The van der Waals surface area contributed by atoms with Crippen molar-refractivity contribution in [1.29, 1.82) is 0 Å². The van der Waals surface area contributed by atoms with Gasteiger partial charge in [-0.15, -0.1) is 0 Å². The molecule has 0 aliphatic heterocycles. The van der Waals surface area contributed by atoms with Crippen LogP contribution in [0.15, 0.2) is 63.8 Å². The molecule has 5 rings (SSSR count). The van der Waals surface area contributed by atoms with Crippen molar-refractivity contribution in [1.82, 2.24) is 10.1 Å². The van der Waals surface area contributed by atoms with Crippen LogP contribution in [0.2, 0.25) is 0 Å². The van der Waals surface area contributed by atoms with Crippen LogP contribution in [0.4, 0.5) is 5.69 Å². The van der Waals surface area contributed by atoms with Crippen LogP contribution in [0.3, 0.4) is 0 Å². The zero-order valence-electron chi connectivity index (χ0n) is 14.7. The largest absolute Gasteiger partial charge is 0.461 e. The number of carbonyl (C=O) groups excluding carboxylic acids is 1. The molecule has 6 heteroatoms. The third-order valence-corrected chi connectivity index (χ3v) is 5.44. The van der Waals surface area contributed by atoms with Crippen molar-refractivity contribution in [2.75, 3.05) is 5.32 Å². The first-order valence-electron chi connectivity index (χ1n) is 9.20. The van der Waals surface area contributed by atoms with Gasteiger partial charge in [0.1, 0.15) is 0 Å². The summed E-state index contributed by atoms with van der Waals surface area (Å²) in [4.78, 5) is 17.1. The SMILES string of the molecule is O=C(Nc1ccccc1Cc1nc(-c2ccco2)no1)C1CC2C=CC1C2. The van der Waals surface area contributed by atoms with Crippen molar-refractivity contribution in [3.05, 3.63) is 66.3 Å². The van der Waals surface area contributed by atoms with Gasteiger partial charge in [0, 0.05) is 11.6 Å². The lowest BCUT2D eigenvalue weighted by Crippen LogP contribution is -2.26. The highest BCUT2D eigenvalue weighted by Crippen LogP contribution is 2.43. The molecular weight excluding hydrogens is 342 g/mol. The van der Waals surface area contributed by atoms with Gasteiger partial charge in [-0.05, 0) is 48.4 Å². The van der Waals surface area contributed by atoms with E-state index in [2.05, 4.69) is 27.6 Å². The number of amides is 1. The van der Waals surface area contributed by atoms with E-state index in [-0.39, 0.29) is 11.8 Å². The van der Waals surface area contributed by atoms with Crippen molar-refractivity contribution < 1.29 is 13.7 Å². The number of allylic oxidation sites excluding steroid dienone is 2. The van der Waals surface area contributed by atoms with E-state index in [0.29, 0.717) is 35.7 Å². The summed E-state index contributed by atoms with van der Waals surface area (Å²) in [6.45, 7) is 0. The van der Waals surface area contributed by atoms with Crippen molar-refractivity contribution in [2.45, 2.75) is 19.3 Å². The maximum Gasteiger partial charge on any atom is 0.238 e. The molecule has 0 radical (unpaired) electrons. The first-order valence-corrected chi connectivity index (χ1v) is 9.20. The Balaban J connectivity index is 1.32. The van der Waals surface area contributed by atoms with Gasteiger partial charge < -0.3 is 14.3 Å². The van der Waals surface area contributed by atoms with Crippen LogP contribution in [-0.2, 0) is 11.2 Å². The molecule has 1 saturated carbocycles. The van der Waals surface area contributed by atoms with Gasteiger partial charge in [-0.2, -0.15) is 4.98 Å². The zero-order valence-corrected chi connectivity index (χ0v) is 14.7. The second-order valence-electron chi connectivity index (χ2n) is 7.20. The smallest absolute Gasteiger partial charge is 0.238 e. The normalized spacial score (nSPS) is 23.0. The lowest BCUT2D eigenvalue weighted by molar-refractivity contribution is -0.120. The van der Waals surface area contributed by atoms with Crippen LogP contribution in [0.5, 0.6) is 0 Å². The van der Waals surface area contributed by atoms with E-state index in [1.165, 1.54) is 0 Å². The summed E-state index contributed by atoms with van der Waals surface area (Å²) >= 11 is 0. The summed E-state index contributed by atoms with van der Waals surface area (Å²) in [7, 11) is 0. The molecule has 3 unspecified atom stereocenters. The highest BCUT2D eigenvalue weighted by atomic mass is 16.5. The Hall–Kier alpha value is -3.15. The molecule has 2 heterocycles. The number of hydrogen-bond donors (Lipinski definition) is 1. The molecule has 1 amide bonds. The van der Waals surface area contributed by atoms with Crippen LogP contribution < -0.4 is 5.32 Å². The van der Waals surface area contributed by atoms with E-state index < -0.39 is 0 Å². The number of nitrogens with zero attached hydrogens (tertiary/aromatic N) is 2. The first-order chi connectivity index (χ1) is 13.3. The summed E-state index contributed by atoms with van der Waals surface area (Å²) in [5.41, 5.74) is 1.74. The first kappa shape index (κ1) is 16.1. The van der Waals surface area contributed by atoms with E-state index >= 15 is 0 Å². The fourth-order valence-electron chi connectivity index (χ4n) is 4.10. The number of carbonyl (C=O) groups is 1. The summed E-state index contributed by atoms with van der Waals surface area (Å²) in [6.07, 6.45) is 8.51. The molecule has 2 aromatic heterocycles. The number of para-hydroxylation sites is 1. The van der Waals surface area contributed by atoms with Gasteiger partial charge in [-0.3, -0.25) is 4.79 Å². The molecule has 1 aromatic carbocycles. The average molecular weight is 361 g/mol. The third-order valence-electron chi connectivity index (χ3n) is 5.44. The van der Waals surface area contributed by atoms with E-state index in [1.54, 1.807) is 18.4 Å². The zero-order chi connectivity index (χ0) is 18.2. The predicted octanol–water partition coefficient (Wildman–Crippen LogP) is 4.07. The molecule has 1 N–H and O–H groups in total. The lowest BCUT2D eigenvalue weighted by atomic mass is 9.92. The van der Waals surface area contributed by atoms with Gasteiger partial charge in [0.15, 0.2) is 5.76 Å². The minimum atomic E-state index is 0.0713. The van der Waals surface area contributed by atoms with Crippen LogP contribution in [-0.4, -0.2) is 16.0 Å². The molecule has 6 nitrogen and oxygen atoms in total. The minimum Gasteiger partial charge on any atom is -0.461 e. The molecule has 27 heavy (non-hydrogen) atoms. The molecule has 2 aliphatic rings. The fraction of sp³-hybridized carbons (Fsp3) is 0.286. The third kappa shape index (κ3) is 3.07. The highest BCUT2D eigenvalue weighted by Gasteiger charge is 2.39. The minimum absolute atomic E-state index is 0.0713. The van der Waals surface area contributed by atoms with Crippen LogP contribution in [0.1, 0.15) is 24.3 Å². The topological polar surface area (TPSA) is 81.2 Å². The molecule has 0 spiro atoms. The van der Waals surface area contributed by atoms with Crippen molar-refractivity contribution in [2.24, 2.45) is 17.8 Å². The molecule has 2 aliphatic carbocycles. The van der Waals surface area contributed by atoms with Gasteiger partial charge in [0.05, 0.1) is 12.7 Å². The molecule has 1 fully saturated rings. The average Bonchev–Trinajstić information content (AvgIpc) is 3.47. The van der Waals surface area contributed by atoms with E-state index in [9.17, 15) is 4.79 Å². The number of aromatic nitrogens is 2. The number of hydrogen-bond acceptors (Lipinski definition) is 5. The summed E-state index contributed by atoms with van der Waals surface area (Å²) in [5, 5.41) is 7.07. The predicted molar refractivity (Wildman–Crippen MR) is 98.7 cm³/mol. The van der Waals surface area contributed by atoms with Gasteiger partial charge in [-0.1, -0.05) is 35.5 Å². The van der Waals surface area contributed by atoms with E-state index in [0.717, 1.165) is 24.1 Å². The second kappa shape index (κ2) is 6.54. The Morgan fingerprint density at radius 2 is 2.07 bits per heavy atom. The Bertz CT molecular complexity index is 990. The number of anilines is 1. The number of rotatable bonds is 5. The molecule has 3 atom stereocenters. The van der Waals surface area contributed by atoms with Crippen LogP contribution >= 0.6 is 0 Å². The quantitative estimate of drug-likeness (QED) is 0.693. The second-order valence-corrected chi connectivity index (χ2v) is 7.20. The number of benzene rings is 1. The van der Waals surface area contributed by atoms with Crippen LogP contribution in [0, 0.1) is 17.8 Å². The standard InChI is InChI=1S/C21H19N3O3/c25-21(16-11-13-7-8-14(16)10-13)22-17-5-2-1-4-15(17)12-19-23-20(24-27-19)18-6-3-9-26-18/h1-9,13-14,16H,10-12H2,(H,22,25). The number of fused-ring (bicyclic) bond motifs is 2. The molecule has 0 saturated heterocycles. The molecule has 3 aromatic rings. The van der Waals surface area contributed by atoms with Crippen molar-refractivity contribution in [3.63, 3.8) is 0 Å². The summed E-state index contributed by atoms with van der Waals surface area (Å²) < 4.78 is 10.6. The molecular formula is C21H19N3O3. The van der Waals surface area contributed by atoms with Crippen molar-refractivity contribution >= 4 is 11.6 Å². The van der Waals surface area contributed by atoms with Crippen molar-refractivity contribution in [3.8, 4) is 11.6 Å². The van der Waals surface area contributed by atoms with Gasteiger partial charge in [-0.25, -0.2) is 0 Å². The monoisotopic (exact) mass is 361 g/mol. The van der Waals surface area contributed by atoms with Gasteiger partial charge in [0.25, 0.3) is 0 Å². The molecule has 2 bridgehead atoms. The summed E-state index contributed by atoms with van der Waals surface area (Å²) in [6, 6.07) is 11.3. The fourth-order valence-corrected chi connectivity index (χ4v) is 4.10. The lowest BCUT2D eigenvalue weighted by Gasteiger charge is -2.18. The van der Waals surface area contributed by atoms with Gasteiger partial charge >= 0.3 is 0 Å². The highest BCUT2D eigenvalue weighted by molar-refractivity contribution is 5.94. The Morgan fingerprint density at radius 3 is 2.85 bits per heavy atom. The van der Waals surface area contributed by atoms with Gasteiger partial charge in [0.2, 0.25) is 17.6 Å². The number of nitrogens with one attached hydrogen (secondary N) is 1. The van der Waals surface area contributed by atoms with Crippen LogP contribution in [0.25, 0.3) is 11.6 Å². The Labute approximate surface area is 156 Å². The Morgan fingerprint density at radius 1 is 1.15 bits per heavy atom. The maximum atomic E-state index is 12.8. The number of furan rings is 1. The maximum absolute atomic E-state index is 12.8.